The molecule has 0 spiro atoms. The second kappa shape index (κ2) is 7.25. The summed E-state index contributed by atoms with van der Waals surface area (Å²) in [6.45, 7) is 5.15. The lowest BCUT2D eigenvalue weighted by Gasteiger charge is -2.33. The molecular weight excluding hydrogens is 200 g/mol. The van der Waals surface area contributed by atoms with E-state index in [1.54, 1.807) is 7.11 Å². The minimum Gasteiger partial charge on any atom is -0.383 e. The van der Waals surface area contributed by atoms with Gasteiger partial charge in [0.25, 0.3) is 0 Å². The summed E-state index contributed by atoms with van der Waals surface area (Å²) in [5, 5.41) is 0. The van der Waals surface area contributed by atoms with Gasteiger partial charge < -0.3 is 15.4 Å². The zero-order valence-corrected chi connectivity index (χ0v) is 11.1. The Morgan fingerprint density at radius 3 is 2.31 bits per heavy atom. The predicted octanol–water partition coefficient (Wildman–Crippen LogP) is 1.72. The second-order valence-electron chi connectivity index (χ2n) is 5.37. The molecule has 1 unspecified atom stereocenters. The van der Waals surface area contributed by atoms with E-state index in [0.717, 1.165) is 25.0 Å². The third-order valence-electron chi connectivity index (χ3n) is 4.01. The molecule has 0 saturated heterocycles. The van der Waals surface area contributed by atoms with E-state index < -0.39 is 0 Å². The first-order valence-corrected chi connectivity index (χ1v) is 6.56. The summed E-state index contributed by atoms with van der Waals surface area (Å²) in [5.41, 5.74) is 5.71. The fourth-order valence-electron chi connectivity index (χ4n) is 2.61. The van der Waals surface area contributed by atoms with Crippen LogP contribution in [0.2, 0.25) is 0 Å². The summed E-state index contributed by atoms with van der Waals surface area (Å²) in [6, 6.07) is 0.525. The normalized spacial score (nSPS) is 28.3. The number of ether oxygens (including phenoxy) is 1. The Hall–Kier alpha value is -0.120. The molecule has 16 heavy (non-hydrogen) atoms. The molecule has 1 aliphatic rings. The zero-order valence-electron chi connectivity index (χ0n) is 11.1. The zero-order chi connectivity index (χ0) is 12.0. The van der Waals surface area contributed by atoms with E-state index in [1.165, 1.54) is 32.2 Å². The van der Waals surface area contributed by atoms with Crippen LogP contribution in [0.4, 0.5) is 0 Å². The van der Waals surface area contributed by atoms with Gasteiger partial charge in [-0.3, -0.25) is 0 Å². The first kappa shape index (κ1) is 13.9. The standard InChI is InChI=1S/C13H28N2O/c1-11(10-16-3)15(2)9-13-6-4-12(8-14)5-7-13/h11-13H,4-10,14H2,1-3H3. The molecule has 2 N–H and O–H groups in total. The molecule has 1 atom stereocenters. The smallest absolute Gasteiger partial charge is 0.0615 e. The Labute approximate surface area is 100 Å². The fourth-order valence-corrected chi connectivity index (χ4v) is 2.61. The van der Waals surface area contributed by atoms with E-state index in [0.29, 0.717) is 6.04 Å². The highest BCUT2D eigenvalue weighted by Gasteiger charge is 2.22. The van der Waals surface area contributed by atoms with Crippen molar-refractivity contribution in [3.63, 3.8) is 0 Å². The second-order valence-corrected chi connectivity index (χ2v) is 5.37. The highest BCUT2D eigenvalue weighted by atomic mass is 16.5. The van der Waals surface area contributed by atoms with Crippen molar-refractivity contribution in [2.24, 2.45) is 17.6 Å². The fraction of sp³-hybridized carbons (Fsp3) is 1.00. The van der Waals surface area contributed by atoms with Crippen LogP contribution >= 0.6 is 0 Å². The lowest BCUT2D eigenvalue weighted by Crippen LogP contribution is -2.37. The molecule has 3 heteroatoms. The van der Waals surface area contributed by atoms with Gasteiger partial charge in [0.15, 0.2) is 0 Å². The van der Waals surface area contributed by atoms with Crippen LogP contribution in [0, 0.1) is 11.8 Å². The number of hydrogen-bond acceptors (Lipinski definition) is 3. The maximum atomic E-state index is 5.71. The van der Waals surface area contributed by atoms with Gasteiger partial charge in [-0.1, -0.05) is 0 Å². The SMILES string of the molecule is COCC(C)N(C)CC1CCC(CN)CC1. The average Bonchev–Trinajstić information content (AvgIpc) is 2.30. The van der Waals surface area contributed by atoms with Crippen molar-refractivity contribution in [2.75, 3.05) is 33.9 Å². The van der Waals surface area contributed by atoms with E-state index in [-0.39, 0.29) is 0 Å². The number of methoxy groups -OCH3 is 1. The summed E-state index contributed by atoms with van der Waals surface area (Å²) < 4.78 is 5.19. The third kappa shape index (κ3) is 4.40. The van der Waals surface area contributed by atoms with E-state index in [1.807, 2.05) is 0 Å². The van der Waals surface area contributed by atoms with Crippen LogP contribution in [0.3, 0.4) is 0 Å². The van der Waals surface area contributed by atoms with Gasteiger partial charge in [0.1, 0.15) is 0 Å². The van der Waals surface area contributed by atoms with Crippen LogP contribution in [0.25, 0.3) is 0 Å². The largest absolute Gasteiger partial charge is 0.383 e. The van der Waals surface area contributed by atoms with Gasteiger partial charge in [-0.25, -0.2) is 0 Å². The summed E-state index contributed by atoms with van der Waals surface area (Å²) in [6.07, 6.45) is 5.36. The number of hydrogen-bond donors (Lipinski definition) is 1. The molecular formula is C13H28N2O. The van der Waals surface area contributed by atoms with Crippen LogP contribution < -0.4 is 5.73 Å². The molecule has 0 bridgehead atoms. The van der Waals surface area contributed by atoms with Crippen molar-refractivity contribution < 1.29 is 4.74 Å². The van der Waals surface area contributed by atoms with Crippen LogP contribution in [0.1, 0.15) is 32.6 Å². The topological polar surface area (TPSA) is 38.5 Å². The number of likely N-dealkylation sites (N-methyl/N-ethyl adjacent to an activating group) is 1. The Morgan fingerprint density at radius 2 is 1.81 bits per heavy atom. The Bertz CT molecular complexity index is 179. The summed E-state index contributed by atoms with van der Waals surface area (Å²) in [7, 11) is 3.98. The molecule has 1 aliphatic carbocycles. The van der Waals surface area contributed by atoms with Crippen LogP contribution in [0.15, 0.2) is 0 Å². The molecule has 3 nitrogen and oxygen atoms in total. The Morgan fingerprint density at radius 1 is 1.25 bits per heavy atom. The van der Waals surface area contributed by atoms with Crippen molar-refractivity contribution in [2.45, 2.75) is 38.6 Å². The highest BCUT2D eigenvalue weighted by Crippen LogP contribution is 2.28. The van der Waals surface area contributed by atoms with Crippen LogP contribution in [-0.4, -0.2) is 44.8 Å². The van der Waals surface area contributed by atoms with Gasteiger partial charge >= 0.3 is 0 Å². The molecule has 1 saturated carbocycles. The molecule has 0 aliphatic heterocycles. The van der Waals surface area contributed by atoms with Gasteiger partial charge in [-0.2, -0.15) is 0 Å². The quantitative estimate of drug-likeness (QED) is 0.752. The summed E-state index contributed by atoms with van der Waals surface area (Å²) in [4.78, 5) is 2.43. The van der Waals surface area contributed by atoms with Gasteiger partial charge in [0, 0.05) is 19.7 Å². The minimum atomic E-state index is 0.525. The first-order chi connectivity index (χ1) is 7.67. The molecule has 0 aromatic carbocycles. The minimum absolute atomic E-state index is 0.525. The van der Waals surface area contributed by atoms with Crippen molar-refractivity contribution in [1.82, 2.24) is 4.90 Å². The molecule has 0 radical (unpaired) electrons. The van der Waals surface area contributed by atoms with E-state index in [4.69, 9.17) is 10.5 Å². The molecule has 0 aromatic rings. The summed E-state index contributed by atoms with van der Waals surface area (Å²) in [5.74, 6) is 1.66. The van der Waals surface area contributed by atoms with E-state index in [2.05, 4.69) is 18.9 Å². The van der Waals surface area contributed by atoms with Crippen LogP contribution in [0.5, 0.6) is 0 Å². The molecule has 0 amide bonds. The lowest BCUT2D eigenvalue weighted by molar-refractivity contribution is 0.0968. The first-order valence-electron chi connectivity index (χ1n) is 6.56. The van der Waals surface area contributed by atoms with Gasteiger partial charge in [-0.15, -0.1) is 0 Å². The third-order valence-corrected chi connectivity index (χ3v) is 4.01. The van der Waals surface area contributed by atoms with Gasteiger partial charge in [0.2, 0.25) is 0 Å². The molecule has 96 valence electrons. The molecule has 0 heterocycles. The van der Waals surface area contributed by atoms with Crippen molar-refractivity contribution in [3.05, 3.63) is 0 Å². The molecule has 1 rings (SSSR count). The highest BCUT2D eigenvalue weighted by molar-refractivity contribution is 4.76. The van der Waals surface area contributed by atoms with E-state index in [9.17, 15) is 0 Å². The number of rotatable bonds is 6. The Kier molecular flexibility index (Phi) is 6.32. The monoisotopic (exact) mass is 228 g/mol. The van der Waals surface area contributed by atoms with Crippen LogP contribution in [-0.2, 0) is 4.74 Å². The average molecular weight is 228 g/mol. The van der Waals surface area contributed by atoms with Crippen molar-refractivity contribution >= 4 is 0 Å². The van der Waals surface area contributed by atoms with Crippen molar-refractivity contribution in [1.29, 1.82) is 0 Å². The molecule has 0 aromatic heterocycles. The predicted molar refractivity (Wildman–Crippen MR) is 68.5 cm³/mol. The Balaban J connectivity index is 2.22. The van der Waals surface area contributed by atoms with Gasteiger partial charge in [-0.05, 0) is 58.0 Å². The maximum Gasteiger partial charge on any atom is 0.0615 e. The van der Waals surface area contributed by atoms with E-state index >= 15 is 0 Å². The van der Waals surface area contributed by atoms with Gasteiger partial charge in [0.05, 0.1) is 6.61 Å². The number of nitrogens with two attached hydrogens (primary N) is 1. The molecule has 1 fully saturated rings. The lowest BCUT2D eigenvalue weighted by atomic mass is 9.82. The van der Waals surface area contributed by atoms with Crippen molar-refractivity contribution in [3.8, 4) is 0 Å². The number of nitrogens with zero attached hydrogens (tertiary/aromatic N) is 1. The summed E-state index contributed by atoms with van der Waals surface area (Å²) >= 11 is 0. The maximum absolute atomic E-state index is 5.71.